The summed E-state index contributed by atoms with van der Waals surface area (Å²) in [5.74, 6) is 0.303. The van der Waals surface area contributed by atoms with Crippen LogP contribution < -0.4 is 0 Å². The van der Waals surface area contributed by atoms with Gasteiger partial charge >= 0.3 is 5.97 Å². The van der Waals surface area contributed by atoms with Crippen LogP contribution in [-0.4, -0.2) is 5.97 Å². The maximum Gasteiger partial charge on any atom is 0.343 e. The molecule has 34 heavy (non-hydrogen) atoms. The van der Waals surface area contributed by atoms with Crippen molar-refractivity contribution < 1.29 is 9.53 Å². The molecule has 0 fully saturated rings. The summed E-state index contributed by atoms with van der Waals surface area (Å²) in [6, 6.07) is 0. The van der Waals surface area contributed by atoms with Crippen LogP contribution in [-0.2, 0) is 9.53 Å². The van der Waals surface area contributed by atoms with Gasteiger partial charge in [0.15, 0.2) is 0 Å². The van der Waals surface area contributed by atoms with Crippen LogP contribution in [0.15, 0.2) is 93.9 Å². The Morgan fingerprint density at radius 2 is 1.47 bits per heavy atom. The Bertz CT molecular complexity index is 1060. The maximum absolute atomic E-state index is 12.3. The molecule has 0 N–H and O–H groups in total. The highest BCUT2D eigenvalue weighted by Gasteiger charge is 2.28. The van der Waals surface area contributed by atoms with Crippen molar-refractivity contribution in [3.8, 4) is 0 Å². The fourth-order valence-corrected chi connectivity index (χ4v) is 5.43. The van der Waals surface area contributed by atoms with E-state index in [0.717, 1.165) is 6.42 Å². The fraction of sp³-hybridized carbons (Fsp3) is 0.469. The number of cyclic esters (lactones) is 1. The van der Waals surface area contributed by atoms with Crippen LogP contribution in [0, 0.1) is 10.8 Å². The van der Waals surface area contributed by atoms with E-state index in [2.05, 4.69) is 72.8 Å². The largest absolute Gasteiger partial charge is 0.423 e. The fourth-order valence-electron chi connectivity index (χ4n) is 5.43. The molecule has 182 valence electrons. The zero-order chi connectivity index (χ0) is 24.9. The lowest BCUT2D eigenvalue weighted by molar-refractivity contribution is -0.132. The van der Waals surface area contributed by atoms with E-state index in [-0.39, 0.29) is 16.8 Å². The third kappa shape index (κ3) is 6.50. The normalized spacial score (nSPS) is 24.8. The van der Waals surface area contributed by atoms with Crippen molar-refractivity contribution >= 4 is 5.97 Å². The average Bonchev–Trinajstić information content (AvgIpc) is 3.09. The molecule has 2 nitrogen and oxygen atoms in total. The van der Waals surface area contributed by atoms with Gasteiger partial charge in [0.1, 0.15) is 5.76 Å². The van der Waals surface area contributed by atoms with Gasteiger partial charge in [0.05, 0.1) is 5.57 Å². The zero-order valence-corrected chi connectivity index (χ0v) is 22.3. The molecule has 0 atom stereocenters. The van der Waals surface area contributed by atoms with Gasteiger partial charge in [-0.25, -0.2) is 4.79 Å². The Hall–Kier alpha value is -2.61. The summed E-state index contributed by atoms with van der Waals surface area (Å²) in [7, 11) is 0. The number of carbonyl (C=O) groups is 1. The third-order valence-electron chi connectivity index (χ3n) is 7.50. The molecule has 1 aliphatic heterocycles. The van der Waals surface area contributed by atoms with Crippen molar-refractivity contribution in [1.29, 1.82) is 0 Å². The van der Waals surface area contributed by atoms with Gasteiger partial charge in [-0.15, -0.1) is 0 Å². The number of ether oxygens (including phenoxy) is 1. The average molecular weight is 459 g/mol. The van der Waals surface area contributed by atoms with E-state index in [1.165, 1.54) is 60.0 Å². The Kier molecular flexibility index (Phi) is 8.23. The van der Waals surface area contributed by atoms with Crippen molar-refractivity contribution in [2.24, 2.45) is 10.8 Å². The van der Waals surface area contributed by atoms with Crippen LogP contribution in [0.4, 0.5) is 0 Å². The first-order valence-corrected chi connectivity index (χ1v) is 12.8. The molecule has 0 amide bonds. The molecule has 0 aromatic heterocycles. The first-order valence-electron chi connectivity index (χ1n) is 12.8. The van der Waals surface area contributed by atoms with Gasteiger partial charge in [0, 0.05) is 0 Å². The predicted molar refractivity (Wildman–Crippen MR) is 144 cm³/mol. The first kappa shape index (κ1) is 26.0. The summed E-state index contributed by atoms with van der Waals surface area (Å²) in [6.07, 6.45) is 25.5. The number of rotatable bonds is 6. The molecular weight excluding hydrogens is 416 g/mol. The van der Waals surface area contributed by atoms with E-state index in [0.29, 0.717) is 11.3 Å². The van der Waals surface area contributed by atoms with Crippen LogP contribution in [0.3, 0.4) is 0 Å². The molecule has 1 heterocycles. The number of carbonyl (C=O) groups excluding carboxylic acids is 1. The van der Waals surface area contributed by atoms with Crippen molar-refractivity contribution in [2.75, 3.05) is 0 Å². The van der Waals surface area contributed by atoms with Crippen LogP contribution in [0.5, 0.6) is 0 Å². The minimum atomic E-state index is -0.281. The molecule has 0 bridgehead atoms. The lowest BCUT2D eigenvalue weighted by Crippen LogP contribution is -2.19. The molecule has 0 radical (unpaired) electrons. The molecule has 0 saturated carbocycles. The number of allylic oxidation sites excluding steroid dienone is 13. The second kappa shape index (κ2) is 10.8. The maximum atomic E-state index is 12.3. The quantitative estimate of drug-likeness (QED) is 0.293. The summed E-state index contributed by atoms with van der Waals surface area (Å²) in [5, 5.41) is 0. The van der Waals surface area contributed by atoms with Crippen molar-refractivity contribution in [3.05, 3.63) is 93.9 Å². The highest BCUT2D eigenvalue weighted by atomic mass is 16.5. The summed E-state index contributed by atoms with van der Waals surface area (Å²) < 4.78 is 5.43. The van der Waals surface area contributed by atoms with Gasteiger partial charge in [-0.1, -0.05) is 80.9 Å². The topological polar surface area (TPSA) is 26.3 Å². The van der Waals surface area contributed by atoms with Crippen molar-refractivity contribution in [3.63, 3.8) is 0 Å². The Balaban J connectivity index is 1.65. The van der Waals surface area contributed by atoms with Gasteiger partial charge in [-0.2, -0.15) is 0 Å². The molecule has 2 aliphatic carbocycles. The SMILES string of the molecule is CC1=C(/C=C/C2=CC(=C/C=C/C=C(C)/C=C/C3=C(C)CCCC3(C)C)\OC2=O)C(C)(C)CCC1. The van der Waals surface area contributed by atoms with Crippen molar-refractivity contribution in [2.45, 2.75) is 87.0 Å². The predicted octanol–water partition coefficient (Wildman–Crippen LogP) is 9.02. The van der Waals surface area contributed by atoms with E-state index in [1.54, 1.807) is 0 Å². The van der Waals surface area contributed by atoms with Crippen molar-refractivity contribution in [1.82, 2.24) is 0 Å². The second-order valence-electron chi connectivity index (χ2n) is 11.4. The zero-order valence-electron chi connectivity index (χ0n) is 22.3. The number of hydrogen-bond acceptors (Lipinski definition) is 2. The summed E-state index contributed by atoms with van der Waals surface area (Å²) >= 11 is 0. The van der Waals surface area contributed by atoms with E-state index >= 15 is 0 Å². The Labute approximate surface area is 207 Å². The second-order valence-corrected chi connectivity index (χ2v) is 11.4. The van der Waals surface area contributed by atoms with Crippen LogP contribution in [0.25, 0.3) is 0 Å². The Morgan fingerprint density at radius 3 is 2.06 bits per heavy atom. The molecule has 0 aromatic rings. The smallest absolute Gasteiger partial charge is 0.343 e. The first-order chi connectivity index (χ1) is 16.0. The third-order valence-corrected chi connectivity index (χ3v) is 7.50. The van der Waals surface area contributed by atoms with Gasteiger partial charge in [-0.05, 0) is 99.5 Å². The molecule has 0 saturated heterocycles. The number of hydrogen-bond donors (Lipinski definition) is 0. The lowest BCUT2D eigenvalue weighted by Gasteiger charge is -2.32. The van der Waals surface area contributed by atoms with Gasteiger partial charge < -0.3 is 4.74 Å². The summed E-state index contributed by atoms with van der Waals surface area (Å²) in [6.45, 7) is 15.8. The van der Waals surface area contributed by atoms with Gasteiger partial charge in [0.2, 0.25) is 0 Å². The van der Waals surface area contributed by atoms with E-state index in [4.69, 9.17) is 4.74 Å². The minimum Gasteiger partial charge on any atom is -0.423 e. The highest BCUT2D eigenvalue weighted by Crippen LogP contribution is 2.42. The number of esters is 1. The minimum absolute atomic E-state index is 0.157. The molecule has 3 rings (SSSR count). The molecule has 2 heteroatoms. The van der Waals surface area contributed by atoms with Gasteiger partial charge in [0.25, 0.3) is 0 Å². The molecule has 0 spiro atoms. The highest BCUT2D eigenvalue weighted by molar-refractivity contribution is 5.95. The van der Waals surface area contributed by atoms with E-state index in [1.807, 2.05) is 30.4 Å². The molecular formula is C32H42O2. The summed E-state index contributed by atoms with van der Waals surface area (Å²) in [4.78, 5) is 12.3. The van der Waals surface area contributed by atoms with Crippen LogP contribution >= 0.6 is 0 Å². The monoisotopic (exact) mass is 458 g/mol. The summed E-state index contributed by atoms with van der Waals surface area (Å²) in [5.41, 5.74) is 7.97. The van der Waals surface area contributed by atoms with E-state index < -0.39 is 0 Å². The molecule has 3 aliphatic rings. The standard InChI is InChI=1S/C32H42O2/c1-23(16-18-28-24(2)13-10-20-31(28,4)5)12-8-9-15-27-22-26(30(33)34-27)17-19-29-25(3)14-11-21-32(29,6)7/h8-9,12,15-19,22H,10-11,13-14,20-21H2,1-7H3/b9-8+,18-16+,19-17+,23-12+,27-15+. The van der Waals surface area contributed by atoms with E-state index in [9.17, 15) is 4.79 Å². The Morgan fingerprint density at radius 1 is 0.882 bits per heavy atom. The molecule has 0 aromatic carbocycles. The molecule has 0 unspecified atom stereocenters. The lowest BCUT2D eigenvalue weighted by atomic mass is 9.72. The van der Waals surface area contributed by atoms with Crippen LogP contribution in [0.1, 0.15) is 87.0 Å². The van der Waals surface area contributed by atoms with Gasteiger partial charge in [-0.3, -0.25) is 0 Å². The van der Waals surface area contributed by atoms with Crippen LogP contribution in [0.2, 0.25) is 0 Å².